The molecule has 2 unspecified atom stereocenters. The van der Waals surface area contributed by atoms with E-state index in [9.17, 15) is 14.3 Å². The molecule has 0 radical (unpaired) electrons. The van der Waals surface area contributed by atoms with Crippen LogP contribution in [-0.4, -0.2) is 27.3 Å². The van der Waals surface area contributed by atoms with Crippen molar-refractivity contribution in [2.45, 2.75) is 12.3 Å². The molecule has 4 nitrogen and oxygen atoms in total. The summed E-state index contributed by atoms with van der Waals surface area (Å²) < 4.78 is 13.3. The van der Waals surface area contributed by atoms with Gasteiger partial charge in [-0.05, 0) is 18.2 Å². The number of nitrogens with zero attached hydrogens (tertiary/aromatic N) is 1. The number of aliphatic carboxylic acids is 1. The SMILES string of the molecule is O=C(O)C(F)C(O)c1ccc(Cl)c2cccnc12. The van der Waals surface area contributed by atoms with Crippen molar-refractivity contribution in [3.8, 4) is 0 Å². The number of benzene rings is 1. The summed E-state index contributed by atoms with van der Waals surface area (Å²) in [7, 11) is 0. The van der Waals surface area contributed by atoms with Gasteiger partial charge in [-0.1, -0.05) is 17.7 Å². The van der Waals surface area contributed by atoms with Gasteiger partial charge < -0.3 is 10.2 Å². The van der Waals surface area contributed by atoms with E-state index in [1.54, 1.807) is 12.1 Å². The van der Waals surface area contributed by atoms with Crippen molar-refractivity contribution in [2.24, 2.45) is 0 Å². The van der Waals surface area contributed by atoms with Crippen LogP contribution in [0.2, 0.25) is 5.02 Å². The number of aliphatic hydroxyl groups is 1. The number of rotatable bonds is 3. The molecule has 0 aliphatic rings. The Morgan fingerprint density at radius 1 is 1.39 bits per heavy atom. The lowest BCUT2D eigenvalue weighted by Crippen LogP contribution is -2.23. The number of halogens is 2. The summed E-state index contributed by atoms with van der Waals surface area (Å²) in [6.07, 6.45) is -2.73. The largest absolute Gasteiger partial charge is 0.479 e. The van der Waals surface area contributed by atoms with Crippen molar-refractivity contribution in [3.63, 3.8) is 0 Å². The monoisotopic (exact) mass is 269 g/mol. The molecular weight excluding hydrogens is 261 g/mol. The highest BCUT2D eigenvalue weighted by Crippen LogP contribution is 2.30. The predicted octanol–water partition coefficient (Wildman–Crippen LogP) is 2.34. The Morgan fingerprint density at radius 3 is 2.78 bits per heavy atom. The predicted molar refractivity (Wildman–Crippen MR) is 64.2 cm³/mol. The summed E-state index contributed by atoms with van der Waals surface area (Å²) in [6.45, 7) is 0. The fourth-order valence-electron chi connectivity index (χ4n) is 1.69. The maximum Gasteiger partial charge on any atom is 0.341 e. The van der Waals surface area contributed by atoms with Gasteiger partial charge in [-0.2, -0.15) is 0 Å². The number of carbonyl (C=O) groups is 1. The fraction of sp³-hybridized carbons (Fsp3) is 0.167. The molecular formula is C12H9ClFNO3. The summed E-state index contributed by atoms with van der Waals surface area (Å²) >= 11 is 5.94. The Kier molecular flexibility index (Phi) is 3.45. The Balaban J connectivity index is 2.58. The number of hydrogen-bond acceptors (Lipinski definition) is 3. The molecule has 2 atom stereocenters. The van der Waals surface area contributed by atoms with Crippen LogP contribution in [0.15, 0.2) is 30.5 Å². The van der Waals surface area contributed by atoms with Crippen LogP contribution < -0.4 is 0 Å². The molecule has 0 bridgehead atoms. The van der Waals surface area contributed by atoms with E-state index in [-0.39, 0.29) is 5.56 Å². The maximum absolute atomic E-state index is 13.3. The van der Waals surface area contributed by atoms with Crippen molar-refractivity contribution in [1.82, 2.24) is 4.98 Å². The first kappa shape index (κ1) is 12.7. The minimum Gasteiger partial charge on any atom is -0.479 e. The highest BCUT2D eigenvalue weighted by molar-refractivity contribution is 6.35. The highest BCUT2D eigenvalue weighted by atomic mass is 35.5. The van der Waals surface area contributed by atoms with Crippen molar-refractivity contribution in [3.05, 3.63) is 41.0 Å². The average molecular weight is 270 g/mol. The Morgan fingerprint density at radius 2 is 2.11 bits per heavy atom. The topological polar surface area (TPSA) is 70.4 Å². The van der Waals surface area contributed by atoms with E-state index in [0.717, 1.165) is 0 Å². The Bertz CT molecular complexity index is 605. The van der Waals surface area contributed by atoms with E-state index in [2.05, 4.69) is 4.98 Å². The molecule has 0 aliphatic carbocycles. The number of fused-ring (bicyclic) bond motifs is 1. The third kappa shape index (κ3) is 2.14. The van der Waals surface area contributed by atoms with Gasteiger partial charge in [0.25, 0.3) is 0 Å². The number of hydrogen-bond donors (Lipinski definition) is 2. The van der Waals surface area contributed by atoms with E-state index in [1.165, 1.54) is 18.3 Å². The van der Waals surface area contributed by atoms with Gasteiger partial charge in [0, 0.05) is 22.2 Å². The minimum atomic E-state index is -2.41. The zero-order chi connectivity index (χ0) is 13.3. The van der Waals surface area contributed by atoms with Gasteiger partial charge in [0.15, 0.2) is 0 Å². The first-order chi connectivity index (χ1) is 8.52. The van der Waals surface area contributed by atoms with Gasteiger partial charge in [-0.15, -0.1) is 0 Å². The summed E-state index contributed by atoms with van der Waals surface area (Å²) in [5.41, 5.74) is 0.395. The van der Waals surface area contributed by atoms with Gasteiger partial charge in [0.05, 0.1) is 5.52 Å². The van der Waals surface area contributed by atoms with Crippen LogP contribution in [0, 0.1) is 0 Å². The summed E-state index contributed by atoms with van der Waals surface area (Å²) in [4.78, 5) is 14.5. The van der Waals surface area contributed by atoms with Gasteiger partial charge in [-0.3, -0.25) is 4.98 Å². The van der Waals surface area contributed by atoms with Gasteiger partial charge in [0.2, 0.25) is 6.17 Å². The second kappa shape index (κ2) is 4.88. The number of carboxylic acids is 1. The molecule has 2 N–H and O–H groups in total. The first-order valence-corrected chi connectivity index (χ1v) is 5.48. The maximum atomic E-state index is 13.3. The van der Waals surface area contributed by atoms with E-state index in [4.69, 9.17) is 16.7 Å². The first-order valence-electron chi connectivity index (χ1n) is 5.10. The standard InChI is InChI=1S/C12H9ClFNO3/c13-8-4-3-7(11(16)9(14)12(17)18)10-6(8)2-1-5-15-10/h1-5,9,11,16H,(H,17,18). The van der Waals surface area contributed by atoms with Crippen molar-refractivity contribution in [2.75, 3.05) is 0 Å². The number of aliphatic hydroxyl groups excluding tert-OH is 1. The van der Waals surface area contributed by atoms with Crippen LogP contribution in [0.3, 0.4) is 0 Å². The molecule has 94 valence electrons. The molecule has 1 aromatic heterocycles. The third-order valence-electron chi connectivity index (χ3n) is 2.58. The van der Waals surface area contributed by atoms with Crippen LogP contribution in [-0.2, 0) is 4.79 Å². The number of alkyl halides is 1. The van der Waals surface area contributed by atoms with Crippen molar-refractivity contribution < 1.29 is 19.4 Å². The molecule has 2 rings (SSSR count). The van der Waals surface area contributed by atoms with Crippen LogP contribution >= 0.6 is 11.6 Å². The van der Waals surface area contributed by atoms with Crippen LogP contribution in [0.5, 0.6) is 0 Å². The molecule has 0 aliphatic heterocycles. The zero-order valence-corrected chi connectivity index (χ0v) is 9.80. The molecule has 18 heavy (non-hydrogen) atoms. The summed E-state index contributed by atoms with van der Waals surface area (Å²) in [5.74, 6) is -1.72. The summed E-state index contributed by atoms with van der Waals surface area (Å²) in [6, 6.07) is 6.15. The molecule has 2 aromatic rings. The van der Waals surface area contributed by atoms with Gasteiger partial charge in [-0.25, -0.2) is 9.18 Å². The number of pyridine rings is 1. The second-order valence-corrected chi connectivity index (χ2v) is 4.13. The van der Waals surface area contributed by atoms with Crippen molar-refractivity contribution in [1.29, 1.82) is 0 Å². The number of aromatic nitrogens is 1. The lowest BCUT2D eigenvalue weighted by atomic mass is 10.0. The van der Waals surface area contributed by atoms with Crippen LogP contribution in [0.4, 0.5) is 4.39 Å². The van der Waals surface area contributed by atoms with E-state index < -0.39 is 18.2 Å². The van der Waals surface area contributed by atoms with E-state index >= 15 is 0 Å². The lowest BCUT2D eigenvalue weighted by Gasteiger charge is -2.14. The second-order valence-electron chi connectivity index (χ2n) is 3.72. The fourth-order valence-corrected chi connectivity index (χ4v) is 1.91. The summed E-state index contributed by atoms with van der Waals surface area (Å²) in [5, 5.41) is 19.2. The normalized spacial score (nSPS) is 14.4. The van der Waals surface area contributed by atoms with E-state index in [1.807, 2.05) is 0 Å². The minimum absolute atomic E-state index is 0.102. The number of carboxylic acid groups (broad SMARTS) is 1. The molecule has 1 aromatic carbocycles. The Labute approximate surface area is 107 Å². The van der Waals surface area contributed by atoms with Gasteiger partial charge >= 0.3 is 5.97 Å². The lowest BCUT2D eigenvalue weighted by molar-refractivity contribution is -0.147. The molecule has 0 saturated carbocycles. The third-order valence-corrected chi connectivity index (χ3v) is 2.91. The van der Waals surface area contributed by atoms with Crippen LogP contribution in [0.1, 0.15) is 11.7 Å². The average Bonchev–Trinajstić information content (AvgIpc) is 2.38. The quantitative estimate of drug-likeness (QED) is 0.897. The molecule has 0 spiro atoms. The highest BCUT2D eigenvalue weighted by Gasteiger charge is 2.29. The molecule has 0 fully saturated rings. The molecule has 0 saturated heterocycles. The molecule has 6 heteroatoms. The molecule has 0 amide bonds. The van der Waals surface area contributed by atoms with E-state index in [0.29, 0.717) is 15.9 Å². The Hall–Kier alpha value is -1.72. The zero-order valence-electron chi connectivity index (χ0n) is 9.05. The molecule has 1 heterocycles. The van der Waals surface area contributed by atoms with Crippen LogP contribution in [0.25, 0.3) is 10.9 Å². The van der Waals surface area contributed by atoms with Crippen molar-refractivity contribution >= 4 is 28.5 Å². The van der Waals surface area contributed by atoms with Gasteiger partial charge in [0.1, 0.15) is 6.10 Å². The smallest absolute Gasteiger partial charge is 0.341 e.